The van der Waals surface area contributed by atoms with E-state index in [1.165, 1.54) is 0 Å². The molecule has 1 aromatic carbocycles. The van der Waals surface area contributed by atoms with Gasteiger partial charge in [0, 0.05) is 49.5 Å². The summed E-state index contributed by atoms with van der Waals surface area (Å²) in [7, 11) is 3.21. The minimum atomic E-state index is -0.792. The molecule has 10 nitrogen and oxygen atoms in total. The molecule has 31 heavy (non-hydrogen) atoms. The van der Waals surface area contributed by atoms with E-state index in [0.29, 0.717) is 17.2 Å². The van der Waals surface area contributed by atoms with Crippen molar-refractivity contribution in [2.45, 2.75) is 30.6 Å². The summed E-state index contributed by atoms with van der Waals surface area (Å²) >= 11 is 0. The lowest BCUT2D eigenvalue weighted by molar-refractivity contribution is -0.197. The smallest absolute Gasteiger partial charge is 0.334 e. The highest BCUT2D eigenvalue weighted by Crippen LogP contribution is 2.30. The van der Waals surface area contributed by atoms with Crippen LogP contribution in [-0.4, -0.2) is 60.2 Å². The standard InChI is InChI=1S/C19H24N4O6S2/c24-15(9-13-30-31-14-4-2-1-3-5-14)20-11-12-22-19(28)21-10-8-18(27)29-23-16(25)6-7-17(23)26/h1-5H,6-13H2,(H,20,24)(H2,21,22,28). The maximum atomic E-state index is 11.8. The Hall–Kier alpha value is -2.73. The first-order valence-corrected chi connectivity index (χ1v) is 12.0. The first-order chi connectivity index (χ1) is 15.0. The average Bonchev–Trinajstić information content (AvgIpc) is 3.07. The number of hydroxylamine groups is 2. The van der Waals surface area contributed by atoms with Gasteiger partial charge in [0.2, 0.25) is 5.91 Å². The van der Waals surface area contributed by atoms with E-state index in [0.717, 1.165) is 4.90 Å². The number of carbonyl (C=O) groups is 5. The van der Waals surface area contributed by atoms with Crippen LogP contribution in [0, 0.1) is 0 Å². The minimum Gasteiger partial charge on any atom is -0.354 e. The third kappa shape index (κ3) is 9.75. The summed E-state index contributed by atoms with van der Waals surface area (Å²) in [6, 6.07) is 9.38. The first-order valence-electron chi connectivity index (χ1n) is 9.65. The van der Waals surface area contributed by atoms with Crippen molar-refractivity contribution in [3.63, 3.8) is 0 Å². The molecule has 3 N–H and O–H groups in total. The molecule has 0 aliphatic carbocycles. The van der Waals surface area contributed by atoms with Crippen LogP contribution in [-0.2, 0) is 24.0 Å². The molecule has 0 atom stereocenters. The number of imide groups is 1. The van der Waals surface area contributed by atoms with Crippen molar-refractivity contribution in [1.29, 1.82) is 0 Å². The zero-order chi connectivity index (χ0) is 22.5. The fourth-order valence-corrected chi connectivity index (χ4v) is 4.33. The van der Waals surface area contributed by atoms with Crippen LogP contribution in [0.4, 0.5) is 4.79 Å². The van der Waals surface area contributed by atoms with E-state index < -0.39 is 23.8 Å². The molecular formula is C19H24N4O6S2. The highest BCUT2D eigenvalue weighted by atomic mass is 33.1. The number of amides is 5. The number of nitrogens with zero attached hydrogens (tertiary/aromatic N) is 1. The Morgan fingerprint density at radius 1 is 0.903 bits per heavy atom. The van der Waals surface area contributed by atoms with Crippen molar-refractivity contribution in [3.05, 3.63) is 30.3 Å². The molecule has 0 saturated carbocycles. The van der Waals surface area contributed by atoms with Crippen LogP contribution in [0.1, 0.15) is 25.7 Å². The fourth-order valence-electron chi connectivity index (χ4n) is 2.33. The van der Waals surface area contributed by atoms with Crippen LogP contribution in [0.5, 0.6) is 0 Å². The number of hydrogen-bond donors (Lipinski definition) is 3. The third-order valence-corrected chi connectivity index (χ3v) is 6.24. The molecule has 1 heterocycles. The Morgan fingerprint density at radius 3 is 2.26 bits per heavy atom. The second-order valence-corrected chi connectivity index (χ2v) is 8.79. The molecule has 1 aliphatic heterocycles. The summed E-state index contributed by atoms with van der Waals surface area (Å²) in [6.45, 7) is 0.484. The first kappa shape index (κ1) is 24.5. The van der Waals surface area contributed by atoms with E-state index >= 15 is 0 Å². The fraction of sp³-hybridized carbons (Fsp3) is 0.421. The van der Waals surface area contributed by atoms with Gasteiger partial charge < -0.3 is 20.8 Å². The molecular weight excluding hydrogens is 444 g/mol. The van der Waals surface area contributed by atoms with Crippen molar-refractivity contribution in [2.75, 3.05) is 25.4 Å². The Morgan fingerprint density at radius 2 is 1.55 bits per heavy atom. The second-order valence-electron chi connectivity index (χ2n) is 6.30. The monoisotopic (exact) mass is 468 g/mol. The number of nitrogens with one attached hydrogen (secondary N) is 3. The molecule has 0 radical (unpaired) electrons. The molecule has 1 aromatic rings. The summed E-state index contributed by atoms with van der Waals surface area (Å²) in [5.74, 6) is -1.33. The summed E-state index contributed by atoms with van der Waals surface area (Å²) < 4.78 is 0. The lowest BCUT2D eigenvalue weighted by atomic mass is 10.4. The number of urea groups is 1. The lowest BCUT2D eigenvalue weighted by Gasteiger charge is -2.12. The summed E-state index contributed by atoms with van der Waals surface area (Å²) in [5.41, 5.74) is 0. The van der Waals surface area contributed by atoms with Gasteiger partial charge in [-0.05, 0) is 12.1 Å². The van der Waals surface area contributed by atoms with E-state index in [1.54, 1.807) is 21.6 Å². The highest BCUT2D eigenvalue weighted by Gasteiger charge is 2.32. The van der Waals surface area contributed by atoms with Crippen molar-refractivity contribution >= 4 is 51.3 Å². The molecule has 1 fully saturated rings. The third-order valence-electron chi connectivity index (χ3n) is 3.86. The number of hydrogen-bond acceptors (Lipinski definition) is 8. The van der Waals surface area contributed by atoms with Crippen molar-refractivity contribution < 1.29 is 28.8 Å². The quantitative estimate of drug-likeness (QED) is 0.237. The molecule has 12 heteroatoms. The van der Waals surface area contributed by atoms with Gasteiger partial charge in [0.1, 0.15) is 0 Å². The summed E-state index contributed by atoms with van der Waals surface area (Å²) in [6.07, 6.45) is 0.226. The Kier molecular flexibility index (Phi) is 10.7. The molecule has 2 rings (SSSR count). The molecule has 0 unspecified atom stereocenters. The second kappa shape index (κ2) is 13.5. The van der Waals surface area contributed by atoms with E-state index in [4.69, 9.17) is 0 Å². The number of benzene rings is 1. The lowest BCUT2D eigenvalue weighted by Crippen LogP contribution is -2.41. The molecule has 168 valence electrons. The molecule has 0 aromatic heterocycles. The van der Waals surface area contributed by atoms with Gasteiger partial charge in [0.25, 0.3) is 11.8 Å². The highest BCUT2D eigenvalue weighted by molar-refractivity contribution is 8.76. The van der Waals surface area contributed by atoms with Gasteiger partial charge in [0.15, 0.2) is 0 Å². The van der Waals surface area contributed by atoms with E-state index in [2.05, 4.69) is 20.8 Å². The predicted octanol–water partition coefficient (Wildman–Crippen LogP) is 1.23. The van der Waals surface area contributed by atoms with Crippen LogP contribution in [0.25, 0.3) is 0 Å². The minimum absolute atomic E-state index is 0.0226. The van der Waals surface area contributed by atoms with E-state index in [9.17, 15) is 24.0 Å². The summed E-state index contributed by atoms with van der Waals surface area (Å²) in [4.78, 5) is 63.5. The number of rotatable bonds is 12. The van der Waals surface area contributed by atoms with Crippen LogP contribution in [0.15, 0.2) is 35.2 Å². The van der Waals surface area contributed by atoms with E-state index in [1.807, 2.05) is 30.3 Å². The van der Waals surface area contributed by atoms with Crippen molar-refractivity contribution in [1.82, 2.24) is 21.0 Å². The zero-order valence-corrected chi connectivity index (χ0v) is 18.4. The molecule has 0 spiro atoms. The Labute approximate surface area is 187 Å². The van der Waals surface area contributed by atoms with Gasteiger partial charge in [-0.3, -0.25) is 14.4 Å². The van der Waals surface area contributed by atoms with Gasteiger partial charge in [-0.2, -0.15) is 0 Å². The SMILES string of the molecule is O=C(CCSSc1ccccc1)NCCNC(=O)NCCC(=O)ON1C(=O)CCC1=O. The molecule has 1 saturated heterocycles. The average molecular weight is 469 g/mol. The molecule has 5 amide bonds. The maximum Gasteiger partial charge on any atom is 0.334 e. The molecule has 1 aliphatic rings. The predicted molar refractivity (Wildman–Crippen MR) is 116 cm³/mol. The van der Waals surface area contributed by atoms with Gasteiger partial charge in [-0.25, -0.2) is 9.59 Å². The van der Waals surface area contributed by atoms with Crippen LogP contribution < -0.4 is 16.0 Å². The van der Waals surface area contributed by atoms with Crippen LogP contribution >= 0.6 is 21.6 Å². The van der Waals surface area contributed by atoms with Crippen LogP contribution in [0.2, 0.25) is 0 Å². The Balaban J connectivity index is 1.44. The topological polar surface area (TPSA) is 134 Å². The Bertz CT molecular complexity index is 777. The van der Waals surface area contributed by atoms with E-state index in [-0.39, 0.29) is 44.8 Å². The summed E-state index contributed by atoms with van der Waals surface area (Å²) in [5, 5.41) is 8.17. The van der Waals surface area contributed by atoms with Gasteiger partial charge in [-0.1, -0.05) is 39.8 Å². The van der Waals surface area contributed by atoms with Crippen LogP contribution in [0.3, 0.4) is 0 Å². The zero-order valence-electron chi connectivity index (χ0n) is 16.8. The van der Waals surface area contributed by atoms with Gasteiger partial charge in [-0.15, -0.1) is 5.06 Å². The number of carbonyl (C=O) groups excluding carboxylic acids is 5. The van der Waals surface area contributed by atoms with Gasteiger partial charge in [0.05, 0.1) is 6.42 Å². The van der Waals surface area contributed by atoms with Gasteiger partial charge >= 0.3 is 12.0 Å². The van der Waals surface area contributed by atoms with Crippen molar-refractivity contribution in [3.8, 4) is 0 Å². The van der Waals surface area contributed by atoms with Crippen molar-refractivity contribution in [2.24, 2.45) is 0 Å². The maximum absolute atomic E-state index is 11.8. The molecule has 0 bridgehead atoms. The normalized spacial score (nSPS) is 13.1. The largest absolute Gasteiger partial charge is 0.354 e.